The molecule has 0 heterocycles. The fourth-order valence-corrected chi connectivity index (χ4v) is 2.95. The largest absolute Gasteiger partial charge is 0.467 e. The van der Waals surface area contributed by atoms with Crippen LogP contribution in [-0.4, -0.2) is 37.0 Å². The van der Waals surface area contributed by atoms with E-state index in [1.54, 1.807) is 30.3 Å². The second-order valence-electron chi connectivity index (χ2n) is 6.65. The number of carbonyl (C=O) groups excluding carboxylic acids is 3. The maximum absolute atomic E-state index is 14.0. The van der Waals surface area contributed by atoms with Crippen LogP contribution in [0.25, 0.3) is 0 Å². The van der Waals surface area contributed by atoms with Crippen LogP contribution in [0.5, 0.6) is 0 Å². The summed E-state index contributed by atoms with van der Waals surface area (Å²) in [5.74, 6) is -2.31. The predicted molar refractivity (Wildman–Crippen MR) is 107 cm³/mol. The molecule has 0 aromatic heterocycles. The number of nitriles is 1. The molecule has 0 radical (unpaired) electrons. The summed E-state index contributed by atoms with van der Waals surface area (Å²) in [5.41, 5.74) is 1.32. The Balaban J connectivity index is 2.21. The lowest BCUT2D eigenvalue weighted by molar-refractivity contribution is -0.145. The molecule has 0 aliphatic carbocycles. The van der Waals surface area contributed by atoms with Crippen LogP contribution in [0, 0.1) is 17.1 Å². The third-order valence-electron chi connectivity index (χ3n) is 4.37. The molecule has 2 atom stereocenters. The van der Waals surface area contributed by atoms with Gasteiger partial charge in [0.15, 0.2) is 0 Å². The molecular formula is C22H22FN3O4. The Morgan fingerprint density at radius 3 is 2.43 bits per heavy atom. The summed E-state index contributed by atoms with van der Waals surface area (Å²) in [5, 5.41) is 14.1. The molecule has 8 heteroatoms. The van der Waals surface area contributed by atoms with Crippen LogP contribution in [0.3, 0.4) is 0 Å². The van der Waals surface area contributed by atoms with Gasteiger partial charge in [0.25, 0.3) is 0 Å². The number of rotatable bonds is 8. The zero-order valence-corrected chi connectivity index (χ0v) is 16.6. The second-order valence-corrected chi connectivity index (χ2v) is 6.65. The predicted octanol–water partition coefficient (Wildman–Crippen LogP) is 1.65. The van der Waals surface area contributed by atoms with Gasteiger partial charge in [-0.2, -0.15) is 5.26 Å². The van der Waals surface area contributed by atoms with Crippen LogP contribution in [-0.2, 0) is 32.0 Å². The van der Waals surface area contributed by atoms with Crippen molar-refractivity contribution in [3.05, 3.63) is 71.0 Å². The molecule has 2 rings (SSSR count). The lowest BCUT2D eigenvalue weighted by Gasteiger charge is -2.22. The Kier molecular flexibility index (Phi) is 8.06. The van der Waals surface area contributed by atoms with E-state index in [4.69, 9.17) is 10.00 Å². The zero-order valence-electron chi connectivity index (χ0n) is 16.6. The first-order valence-corrected chi connectivity index (χ1v) is 9.21. The van der Waals surface area contributed by atoms with E-state index in [0.29, 0.717) is 11.1 Å². The number of ether oxygens (including phenoxy) is 1. The van der Waals surface area contributed by atoms with Crippen molar-refractivity contribution in [3.63, 3.8) is 0 Å². The van der Waals surface area contributed by atoms with Gasteiger partial charge in [-0.1, -0.05) is 30.3 Å². The molecule has 0 saturated heterocycles. The number of nitrogens with zero attached hydrogens (tertiary/aromatic N) is 1. The van der Waals surface area contributed by atoms with Crippen LogP contribution >= 0.6 is 0 Å². The molecule has 30 heavy (non-hydrogen) atoms. The number of hydrogen-bond donors (Lipinski definition) is 2. The molecule has 156 valence electrons. The van der Waals surface area contributed by atoms with Crippen molar-refractivity contribution in [2.24, 2.45) is 0 Å². The minimum atomic E-state index is -1.09. The van der Waals surface area contributed by atoms with Crippen LogP contribution in [0.1, 0.15) is 23.6 Å². The number of nitrogens with one attached hydrogen (secondary N) is 2. The average Bonchev–Trinajstić information content (AvgIpc) is 2.73. The molecule has 2 N–H and O–H groups in total. The smallest absolute Gasteiger partial charge is 0.328 e. The molecule has 0 aliphatic rings. The Labute approximate surface area is 173 Å². The summed E-state index contributed by atoms with van der Waals surface area (Å²) in [6.07, 6.45) is -0.00365. The molecule has 0 unspecified atom stereocenters. The number of benzene rings is 2. The number of methoxy groups -OCH3 is 1. The molecule has 0 fully saturated rings. The van der Waals surface area contributed by atoms with E-state index in [1.807, 2.05) is 6.07 Å². The first-order valence-electron chi connectivity index (χ1n) is 9.21. The molecule has 0 saturated carbocycles. The van der Waals surface area contributed by atoms with Crippen molar-refractivity contribution in [2.75, 3.05) is 7.11 Å². The van der Waals surface area contributed by atoms with Gasteiger partial charge in [-0.3, -0.25) is 9.59 Å². The maximum atomic E-state index is 14.0. The molecule has 2 aromatic carbocycles. The van der Waals surface area contributed by atoms with E-state index in [-0.39, 0.29) is 18.4 Å². The minimum absolute atomic E-state index is 0.0838. The first-order chi connectivity index (χ1) is 14.3. The van der Waals surface area contributed by atoms with Gasteiger partial charge in [-0.15, -0.1) is 0 Å². The average molecular weight is 411 g/mol. The van der Waals surface area contributed by atoms with Crippen molar-refractivity contribution in [3.8, 4) is 6.07 Å². The third-order valence-corrected chi connectivity index (χ3v) is 4.37. The van der Waals surface area contributed by atoms with Gasteiger partial charge in [0.1, 0.15) is 17.9 Å². The van der Waals surface area contributed by atoms with Gasteiger partial charge in [0, 0.05) is 19.8 Å². The van der Waals surface area contributed by atoms with Crippen molar-refractivity contribution >= 4 is 17.8 Å². The molecule has 0 aliphatic heterocycles. The van der Waals surface area contributed by atoms with Crippen molar-refractivity contribution < 1.29 is 23.5 Å². The lowest BCUT2D eigenvalue weighted by Crippen LogP contribution is -2.53. The van der Waals surface area contributed by atoms with Gasteiger partial charge in [0.2, 0.25) is 11.8 Å². The Bertz CT molecular complexity index is 971. The van der Waals surface area contributed by atoms with E-state index in [9.17, 15) is 18.8 Å². The summed E-state index contributed by atoms with van der Waals surface area (Å²) >= 11 is 0. The van der Waals surface area contributed by atoms with Gasteiger partial charge >= 0.3 is 5.97 Å². The highest BCUT2D eigenvalue weighted by Gasteiger charge is 2.28. The summed E-state index contributed by atoms with van der Waals surface area (Å²) in [7, 11) is 1.19. The Morgan fingerprint density at radius 1 is 1.07 bits per heavy atom. The quantitative estimate of drug-likeness (QED) is 0.642. The highest BCUT2D eigenvalue weighted by molar-refractivity contribution is 5.90. The summed E-state index contributed by atoms with van der Waals surface area (Å²) in [6.45, 7) is 1.24. The third kappa shape index (κ3) is 6.41. The lowest BCUT2D eigenvalue weighted by atomic mass is 10.0. The van der Waals surface area contributed by atoms with E-state index in [2.05, 4.69) is 10.6 Å². The number of carbonyl (C=O) groups is 3. The molecule has 0 bridgehead atoms. The minimum Gasteiger partial charge on any atom is -0.467 e. The highest BCUT2D eigenvalue weighted by atomic mass is 19.1. The van der Waals surface area contributed by atoms with E-state index in [1.165, 1.54) is 32.2 Å². The van der Waals surface area contributed by atoms with E-state index >= 15 is 0 Å². The zero-order chi connectivity index (χ0) is 22.1. The number of hydrogen-bond acceptors (Lipinski definition) is 5. The standard InChI is InChI=1S/C22H22FN3O4/c1-14(27)25-19(12-17-8-3-4-9-18(17)23)21(28)26-20(22(29)30-2)11-15-6-5-7-16(10-15)13-24/h3-10,19-20H,11-12H2,1-2H3,(H,25,27)(H,26,28)/t19-,20-/m0/s1. The number of amides is 2. The monoisotopic (exact) mass is 411 g/mol. The summed E-state index contributed by atoms with van der Waals surface area (Å²) < 4.78 is 18.8. The molecular weight excluding hydrogens is 389 g/mol. The highest BCUT2D eigenvalue weighted by Crippen LogP contribution is 2.11. The number of halogens is 1. The molecule has 2 amide bonds. The van der Waals surface area contributed by atoms with Crippen molar-refractivity contribution in [2.45, 2.75) is 31.8 Å². The number of esters is 1. The fourth-order valence-electron chi connectivity index (χ4n) is 2.95. The SMILES string of the molecule is COC(=O)[C@H](Cc1cccc(C#N)c1)NC(=O)[C@H](Cc1ccccc1F)NC(C)=O. The Hall–Kier alpha value is -3.73. The summed E-state index contributed by atoms with van der Waals surface area (Å²) in [6, 6.07) is 12.4. The van der Waals surface area contributed by atoms with Crippen molar-refractivity contribution in [1.29, 1.82) is 5.26 Å². The first kappa shape index (κ1) is 22.6. The van der Waals surface area contributed by atoms with Gasteiger partial charge < -0.3 is 15.4 Å². The summed E-state index contributed by atoms with van der Waals surface area (Å²) in [4.78, 5) is 36.6. The van der Waals surface area contributed by atoms with Crippen LogP contribution in [0.2, 0.25) is 0 Å². The molecule has 2 aromatic rings. The second kappa shape index (κ2) is 10.7. The van der Waals surface area contributed by atoms with Gasteiger partial charge in [-0.25, -0.2) is 9.18 Å². The molecule has 0 spiro atoms. The topological polar surface area (TPSA) is 108 Å². The van der Waals surface area contributed by atoms with E-state index < -0.39 is 35.7 Å². The fraction of sp³-hybridized carbons (Fsp3) is 0.273. The van der Waals surface area contributed by atoms with Crippen LogP contribution in [0.4, 0.5) is 4.39 Å². The van der Waals surface area contributed by atoms with Gasteiger partial charge in [0.05, 0.1) is 18.7 Å². The van der Waals surface area contributed by atoms with Gasteiger partial charge in [-0.05, 0) is 29.3 Å². The maximum Gasteiger partial charge on any atom is 0.328 e. The van der Waals surface area contributed by atoms with Crippen LogP contribution < -0.4 is 10.6 Å². The molecule has 7 nitrogen and oxygen atoms in total. The van der Waals surface area contributed by atoms with E-state index in [0.717, 1.165) is 0 Å². The normalized spacial score (nSPS) is 12.2. The van der Waals surface area contributed by atoms with Crippen molar-refractivity contribution in [1.82, 2.24) is 10.6 Å². The van der Waals surface area contributed by atoms with Crippen LogP contribution in [0.15, 0.2) is 48.5 Å². The Morgan fingerprint density at radius 2 is 1.80 bits per heavy atom.